The van der Waals surface area contributed by atoms with Crippen molar-refractivity contribution in [2.24, 2.45) is 5.73 Å². The molecule has 0 bridgehead atoms. The third kappa shape index (κ3) is 3.51. The highest BCUT2D eigenvalue weighted by Gasteiger charge is 2.22. The second kappa shape index (κ2) is 5.65. The van der Waals surface area contributed by atoms with Gasteiger partial charge in [-0.3, -0.25) is 4.90 Å². The van der Waals surface area contributed by atoms with Gasteiger partial charge in [-0.25, -0.2) is 4.98 Å². The first kappa shape index (κ1) is 13.9. The number of ether oxygens (including phenoxy) is 1. The van der Waals surface area contributed by atoms with E-state index in [0.717, 1.165) is 26.2 Å². The summed E-state index contributed by atoms with van der Waals surface area (Å²) in [6, 6.07) is 0. The Labute approximate surface area is 113 Å². The van der Waals surface area contributed by atoms with E-state index in [1.54, 1.807) is 0 Å². The largest absolute Gasteiger partial charge is 0.374 e. The van der Waals surface area contributed by atoms with Crippen LogP contribution in [0.3, 0.4) is 0 Å². The van der Waals surface area contributed by atoms with Crippen LogP contribution in [0, 0.1) is 0 Å². The number of nitrogens with two attached hydrogens (primary N) is 1. The van der Waals surface area contributed by atoms with E-state index in [0.29, 0.717) is 6.54 Å². The van der Waals surface area contributed by atoms with Gasteiger partial charge in [0, 0.05) is 30.7 Å². The molecule has 102 valence electrons. The van der Waals surface area contributed by atoms with Gasteiger partial charge in [-0.15, -0.1) is 11.3 Å². The summed E-state index contributed by atoms with van der Waals surface area (Å²) >= 11 is 1.82. The molecule has 1 aromatic heterocycles. The molecule has 2 heterocycles. The zero-order chi connectivity index (χ0) is 13.2. The quantitative estimate of drug-likeness (QED) is 0.905. The number of thiazole rings is 1. The van der Waals surface area contributed by atoms with Crippen LogP contribution in [0.4, 0.5) is 0 Å². The molecule has 0 saturated carbocycles. The molecule has 1 aromatic rings. The summed E-state index contributed by atoms with van der Waals surface area (Å²) < 4.78 is 5.57. The van der Waals surface area contributed by atoms with E-state index in [1.165, 1.54) is 9.88 Å². The van der Waals surface area contributed by atoms with Crippen molar-refractivity contribution in [3.05, 3.63) is 16.1 Å². The number of hydrogen-bond donors (Lipinski definition) is 1. The lowest BCUT2D eigenvalue weighted by Gasteiger charge is -2.31. The molecule has 0 aromatic carbocycles. The van der Waals surface area contributed by atoms with Crippen molar-refractivity contribution < 1.29 is 4.74 Å². The minimum Gasteiger partial charge on any atom is -0.374 e. The monoisotopic (exact) mass is 269 g/mol. The van der Waals surface area contributed by atoms with Crippen molar-refractivity contribution in [3.63, 3.8) is 0 Å². The molecule has 18 heavy (non-hydrogen) atoms. The maximum atomic E-state index is 5.66. The normalized spacial score (nSPS) is 22.3. The molecule has 5 heteroatoms. The molecule has 1 unspecified atom stereocenters. The molecule has 1 atom stereocenters. The van der Waals surface area contributed by atoms with Gasteiger partial charge in [-0.1, -0.05) is 20.8 Å². The molecule has 1 aliphatic rings. The highest BCUT2D eigenvalue weighted by Crippen LogP contribution is 2.28. The highest BCUT2D eigenvalue weighted by molar-refractivity contribution is 7.11. The first-order valence-electron chi connectivity index (χ1n) is 6.48. The molecule has 1 aliphatic heterocycles. The van der Waals surface area contributed by atoms with Gasteiger partial charge in [-0.05, 0) is 5.41 Å². The van der Waals surface area contributed by atoms with Crippen molar-refractivity contribution in [1.82, 2.24) is 9.88 Å². The lowest BCUT2D eigenvalue weighted by atomic mass is 9.96. The third-order valence-electron chi connectivity index (χ3n) is 3.14. The van der Waals surface area contributed by atoms with Gasteiger partial charge in [0.25, 0.3) is 0 Å². The summed E-state index contributed by atoms with van der Waals surface area (Å²) in [5, 5.41) is 1.19. The SMILES string of the molecule is CC(C)(C)c1cnc(CN2CCOC(CN)C2)s1. The Balaban J connectivity index is 1.95. The summed E-state index contributed by atoms with van der Waals surface area (Å²) in [7, 11) is 0. The van der Waals surface area contributed by atoms with E-state index >= 15 is 0 Å². The van der Waals surface area contributed by atoms with Crippen molar-refractivity contribution in [2.45, 2.75) is 38.8 Å². The number of nitrogens with zero attached hydrogens (tertiary/aromatic N) is 2. The molecule has 1 fully saturated rings. The van der Waals surface area contributed by atoms with Gasteiger partial charge in [0.2, 0.25) is 0 Å². The van der Waals surface area contributed by atoms with Crippen LogP contribution >= 0.6 is 11.3 Å². The van der Waals surface area contributed by atoms with Crippen molar-refractivity contribution >= 4 is 11.3 Å². The Morgan fingerprint density at radius 1 is 1.56 bits per heavy atom. The molecular formula is C13H23N3OS. The van der Waals surface area contributed by atoms with E-state index in [9.17, 15) is 0 Å². The smallest absolute Gasteiger partial charge is 0.107 e. The summed E-state index contributed by atoms with van der Waals surface area (Å²) in [5.41, 5.74) is 5.85. The van der Waals surface area contributed by atoms with Crippen LogP contribution in [0.15, 0.2) is 6.20 Å². The predicted molar refractivity (Wildman–Crippen MR) is 74.9 cm³/mol. The lowest BCUT2D eigenvalue weighted by molar-refractivity contribution is -0.0260. The molecule has 0 radical (unpaired) electrons. The molecule has 4 nitrogen and oxygen atoms in total. The topological polar surface area (TPSA) is 51.4 Å². The Morgan fingerprint density at radius 3 is 2.94 bits per heavy atom. The zero-order valence-electron chi connectivity index (χ0n) is 11.5. The number of aromatic nitrogens is 1. The number of morpholine rings is 1. The second-order valence-electron chi connectivity index (χ2n) is 5.83. The highest BCUT2D eigenvalue weighted by atomic mass is 32.1. The van der Waals surface area contributed by atoms with Crippen LogP contribution in [-0.2, 0) is 16.7 Å². The van der Waals surface area contributed by atoms with E-state index in [1.807, 2.05) is 17.5 Å². The van der Waals surface area contributed by atoms with Crippen LogP contribution in [0.5, 0.6) is 0 Å². The van der Waals surface area contributed by atoms with Gasteiger partial charge in [-0.2, -0.15) is 0 Å². The van der Waals surface area contributed by atoms with Gasteiger partial charge < -0.3 is 10.5 Å². The van der Waals surface area contributed by atoms with Crippen molar-refractivity contribution in [2.75, 3.05) is 26.2 Å². The van der Waals surface area contributed by atoms with Crippen LogP contribution in [0.1, 0.15) is 30.7 Å². The van der Waals surface area contributed by atoms with Crippen molar-refractivity contribution in [1.29, 1.82) is 0 Å². The average Bonchev–Trinajstić information content (AvgIpc) is 2.77. The average molecular weight is 269 g/mol. The molecule has 0 spiro atoms. The lowest BCUT2D eigenvalue weighted by Crippen LogP contribution is -2.45. The van der Waals surface area contributed by atoms with Crippen LogP contribution in [0.2, 0.25) is 0 Å². The van der Waals surface area contributed by atoms with Crippen LogP contribution in [0.25, 0.3) is 0 Å². The number of rotatable bonds is 3. The minimum absolute atomic E-state index is 0.181. The molecule has 0 amide bonds. The Morgan fingerprint density at radius 2 is 2.33 bits per heavy atom. The molecule has 2 N–H and O–H groups in total. The standard InChI is InChI=1S/C13H23N3OS/c1-13(2,3)11-7-15-12(18-11)9-16-4-5-17-10(6-14)8-16/h7,10H,4-6,8-9,14H2,1-3H3. The maximum Gasteiger partial charge on any atom is 0.107 e. The van der Waals surface area contributed by atoms with E-state index in [-0.39, 0.29) is 11.5 Å². The Hall–Kier alpha value is -0.490. The number of hydrogen-bond acceptors (Lipinski definition) is 5. The van der Waals surface area contributed by atoms with Crippen molar-refractivity contribution in [3.8, 4) is 0 Å². The van der Waals surface area contributed by atoms with Crippen LogP contribution in [-0.4, -0.2) is 42.2 Å². The second-order valence-corrected chi connectivity index (χ2v) is 6.95. The summed E-state index contributed by atoms with van der Waals surface area (Å²) in [6.45, 7) is 10.9. The summed E-state index contributed by atoms with van der Waals surface area (Å²) in [6.07, 6.45) is 2.20. The van der Waals surface area contributed by atoms with E-state index in [4.69, 9.17) is 10.5 Å². The fourth-order valence-electron chi connectivity index (χ4n) is 1.99. The predicted octanol–water partition coefficient (Wildman–Crippen LogP) is 1.60. The fourth-order valence-corrected chi connectivity index (χ4v) is 3.01. The van der Waals surface area contributed by atoms with Gasteiger partial charge >= 0.3 is 0 Å². The minimum atomic E-state index is 0.181. The Kier molecular flexibility index (Phi) is 4.37. The van der Waals surface area contributed by atoms with Gasteiger partial charge in [0.1, 0.15) is 5.01 Å². The van der Waals surface area contributed by atoms with E-state index < -0.39 is 0 Å². The summed E-state index contributed by atoms with van der Waals surface area (Å²) in [5.74, 6) is 0. The first-order chi connectivity index (χ1) is 8.49. The maximum absolute atomic E-state index is 5.66. The fraction of sp³-hybridized carbons (Fsp3) is 0.769. The van der Waals surface area contributed by atoms with Crippen LogP contribution < -0.4 is 5.73 Å². The van der Waals surface area contributed by atoms with Gasteiger partial charge in [0.15, 0.2) is 0 Å². The third-order valence-corrected chi connectivity index (χ3v) is 4.55. The first-order valence-corrected chi connectivity index (χ1v) is 7.30. The molecule has 1 saturated heterocycles. The van der Waals surface area contributed by atoms with Gasteiger partial charge in [0.05, 0.1) is 19.3 Å². The molecule has 2 rings (SSSR count). The molecular weight excluding hydrogens is 246 g/mol. The Bertz CT molecular complexity index is 386. The zero-order valence-corrected chi connectivity index (χ0v) is 12.3. The van der Waals surface area contributed by atoms with E-state index in [2.05, 4.69) is 30.7 Å². The summed E-state index contributed by atoms with van der Waals surface area (Å²) in [4.78, 5) is 8.26. The molecule has 0 aliphatic carbocycles.